The minimum atomic E-state index is -0.723. The van der Waals surface area contributed by atoms with Crippen LogP contribution >= 0.6 is 11.6 Å². The Balaban J connectivity index is 0.00000289. The highest BCUT2D eigenvalue weighted by Gasteiger charge is 2.40. The number of rotatable bonds is 7. The van der Waals surface area contributed by atoms with Crippen LogP contribution in [0.4, 0.5) is 0 Å². The first-order chi connectivity index (χ1) is 15.0. The first-order valence-electron chi connectivity index (χ1n) is 11.4. The third-order valence-corrected chi connectivity index (χ3v) is 7.36. The van der Waals surface area contributed by atoms with Crippen LogP contribution in [0.15, 0.2) is 84.9 Å². The van der Waals surface area contributed by atoms with Gasteiger partial charge in [0.2, 0.25) is 0 Å². The average Bonchev–Trinajstić information content (AvgIpc) is 2.81. The zero-order valence-corrected chi connectivity index (χ0v) is 21.7. The van der Waals surface area contributed by atoms with Crippen LogP contribution in [-0.2, 0) is 5.60 Å². The summed E-state index contributed by atoms with van der Waals surface area (Å²) in [5, 5.41) is 11.9. The molecule has 0 spiro atoms. The van der Waals surface area contributed by atoms with E-state index < -0.39 is 5.60 Å². The largest absolute Gasteiger partial charge is 1.00 e. The second kappa shape index (κ2) is 11.1. The molecule has 0 aliphatic carbocycles. The molecule has 0 radical (unpaired) electrons. The normalized spacial score (nSPS) is 23.0. The predicted octanol–water partition coefficient (Wildman–Crippen LogP) is 3.38. The molecule has 1 saturated heterocycles. The molecule has 3 aromatic rings. The van der Waals surface area contributed by atoms with Gasteiger partial charge in [0.15, 0.2) is 0 Å². The monoisotopic (exact) mass is 561 g/mol. The van der Waals surface area contributed by atoms with Crippen molar-refractivity contribution >= 4 is 11.6 Å². The Kier molecular flexibility index (Phi) is 8.79. The van der Waals surface area contributed by atoms with Crippen molar-refractivity contribution in [1.29, 1.82) is 0 Å². The molecule has 0 amide bonds. The van der Waals surface area contributed by atoms with Crippen LogP contribution in [0, 0.1) is 0 Å². The Morgan fingerprint density at radius 2 is 1.34 bits per heavy atom. The van der Waals surface area contributed by atoms with Crippen molar-refractivity contribution in [3.63, 3.8) is 0 Å². The third kappa shape index (κ3) is 6.13. The van der Waals surface area contributed by atoms with Gasteiger partial charge in [-0.1, -0.05) is 84.4 Å². The summed E-state index contributed by atoms with van der Waals surface area (Å²) in [6.45, 7) is 3.15. The van der Waals surface area contributed by atoms with Gasteiger partial charge in [0.05, 0.1) is 26.7 Å². The van der Waals surface area contributed by atoms with Gasteiger partial charge in [-0.25, -0.2) is 0 Å². The SMILES string of the molecule is C[N+]1(CCCC(c2ccccc2)c2ccccc2)CCC(O)(c2ccc(Cl)cc2)CC1.[I-]. The highest BCUT2D eigenvalue weighted by molar-refractivity contribution is 6.30. The molecule has 1 N–H and O–H groups in total. The first-order valence-corrected chi connectivity index (χ1v) is 11.8. The van der Waals surface area contributed by atoms with Gasteiger partial charge in [-0.3, -0.25) is 0 Å². The van der Waals surface area contributed by atoms with E-state index in [0.717, 1.165) is 54.0 Å². The highest BCUT2D eigenvalue weighted by Crippen LogP contribution is 2.36. The summed E-state index contributed by atoms with van der Waals surface area (Å²) in [6.07, 6.45) is 3.91. The van der Waals surface area contributed by atoms with Crippen molar-refractivity contribution in [1.82, 2.24) is 0 Å². The number of benzene rings is 3. The summed E-state index contributed by atoms with van der Waals surface area (Å²) < 4.78 is 1.03. The minimum absolute atomic E-state index is 0. The smallest absolute Gasteiger partial charge is 0.100 e. The number of halogens is 2. The molecule has 1 aliphatic heterocycles. The summed E-state index contributed by atoms with van der Waals surface area (Å²) in [6, 6.07) is 29.5. The van der Waals surface area contributed by atoms with E-state index in [-0.39, 0.29) is 24.0 Å². The Hall–Kier alpha value is -1.40. The quantitative estimate of drug-likeness (QED) is 0.346. The molecule has 2 nitrogen and oxygen atoms in total. The lowest BCUT2D eigenvalue weighted by Crippen LogP contribution is -3.00. The fourth-order valence-electron chi connectivity index (χ4n) is 4.99. The predicted molar refractivity (Wildman–Crippen MR) is 129 cm³/mol. The second-order valence-corrected chi connectivity index (χ2v) is 9.78. The molecule has 4 heteroatoms. The maximum absolute atomic E-state index is 11.2. The molecule has 32 heavy (non-hydrogen) atoms. The number of piperidine rings is 1. The van der Waals surface area contributed by atoms with Crippen LogP contribution in [0.25, 0.3) is 0 Å². The number of nitrogens with zero attached hydrogens (tertiary/aromatic N) is 1. The van der Waals surface area contributed by atoms with Crippen LogP contribution in [0.1, 0.15) is 48.3 Å². The average molecular weight is 562 g/mol. The fraction of sp³-hybridized carbons (Fsp3) is 0.357. The maximum atomic E-state index is 11.2. The molecule has 4 rings (SSSR count). The Labute approximate surface area is 214 Å². The third-order valence-electron chi connectivity index (χ3n) is 7.11. The van der Waals surface area contributed by atoms with Gasteiger partial charge in [-0.05, 0) is 41.7 Å². The summed E-state index contributed by atoms with van der Waals surface area (Å²) in [5.74, 6) is 0.435. The summed E-state index contributed by atoms with van der Waals surface area (Å²) >= 11 is 6.03. The van der Waals surface area contributed by atoms with E-state index in [2.05, 4.69) is 67.7 Å². The zero-order chi connectivity index (χ0) is 21.7. The summed E-state index contributed by atoms with van der Waals surface area (Å²) in [5.41, 5.74) is 3.06. The zero-order valence-electron chi connectivity index (χ0n) is 18.8. The van der Waals surface area contributed by atoms with Crippen LogP contribution in [0.3, 0.4) is 0 Å². The summed E-state index contributed by atoms with van der Waals surface area (Å²) in [4.78, 5) is 0. The van der Waals surface area contributed by atoms with E-state index in [1.165, 1.54) is 17.5 Å². The molecular weight excluding hydrogens is 529 g/mol. The van der Waals surface area contributed by atoms with Crippen molar-refractivity contribution in [2.24, 2.45) is 0 Å². The molecule has 0 aromatic heterocycles. The van der Waals surface area contributed by atoms with E-state index in [1.54, 1.807) is 0 Å². The van der Waals surface area contributed by atoms with Crippen LogP contribution in [0.5, 0.6) is 0 Å². The minimum Gasteiger partial charge on any atom is -1.00 e. The number of aliphatic hydroxyl groups is 1. The van der Waals surface area contributed by atoms with Gasteiger partial charge in [0.25, 0.3) is 0 Å². The van der Waals surface area contributed by atoms with Crippen molar-refractivity contribution in [2.75, 3.05) is 26.7 Å². The van der Waals surface area contributed by atoms with Crippen molar-refractivity contribution < 1.29 is 33.6 Å². The van der Waals surface area contributed by atoms with E-state index in [0.29, 0.717) is 5.92 Å². The molecule has 0 saturated carbocycles. The molecule has 0 unspecified atom stereocenters. The lowest BCUT2D eigenvalue weighted by molar-refractivity contribution is -0.917. The standard InChI is InChI=1S/C28H33ClNO.HI/c1-30(21-18-28(31,19-22-30)25-14-16-26(29)17-15-25)20-8-13-27(23-9-4-2-5-10-23)24-11-6-3-7-12-24;/h2-7,9-12,14-17,27,31H,8,13,18-22H2,1H3;1H/q+1;/p-1. The van der Waals surface area contributed by atoms with Gasteiger partial charge in [0, 0.05) is 23.8 Å². The van der Waals surface area contributed by atoms with Crippen LogP contribution in [-0.4, -0.2) is 36.3 Å². The Morgan fingerprint density at radius 3 is 1.84 bits per heavy atom. The van der Waals surface area contributed by atoms with Gasteiger partial charge in [-0.2, -0.15) is 0 Å². The molecule has 170 valence electrons. The lowest BCUT2D eigenvalue weighted by Gasteiger charge is -2.44. The van der Waals surface area contributed by atoms with Gasteiger partial charge < -0.3 is 33.6 Å². The van der Waals surface area contributed by atoms with Crippen LogP contribution < -0.4 is 24.0 Å². The molecular formula is C28H33ClINO. The Bertz CT molecular complexity index is 914. The number of hydrogen-bond acceptors (Lipinski definition) is 1. The van der Waals surface area contributed by atoms with Gasteiger partial charge >= 0.3 is 0 Å². The van der Waals surface area contributed by atoms with E-state index >= 15 is 0 Å². The van der Waals surface area contributed by atoms with Crippen molar-refractivity contribution in [3.05, 3.63) is 107 Å². The molecule has 0 bridgehead atoms. The first kappa shape index (κ1) is 25.2. The highest BCUT2D eigenvalue weighted by atomic mass is 127. The number of quaternary nitrogens is 1. The van der Waals surface area contributed by atoms with Gasteiger partial charge in [0.1, 0.15) is 5.60 Å². The summed E-state index contributed by atoms with van der Waals surface area (Å²) in [7, 11) is 2.35. The van der Waals surface area contributed by atoms with Crippen molar-refractivity contribution in [3.8, 4) is 0 Å². The van der Waals surface area contributed by atoms with Crippen molar-refractivity contribution in [2.45, 2.75) is 37.2 Å². The van der Waals surface area contributed by atoms with Gasteiger partial charge in [-0.15, -0.1) is 0 Å². The van der Waals surface area contributed by atoms with E-state index in [4.69, 9.17) is 11.6 Å². The Morgan fingerprint density at radius 1 is 0.844 bits per heavy atom. The second-order valence-electron chi connectivity index (χ2n) is 9.34. The lowest BCUT2D eigenvalue weighted by atomic mass is 9.83. The molecule has 0 atom stereocenters. The molecule has 1 aliphatic rings. The van der Waals surface area contributed by atoms with Crippen LogP contribution in [0.2, 0.25) is 5.02 Å². The van der Waals surface area contributed by atoms with E-state index in [9.17, 15) is 5.11 Å². The maximum Gasteiger partial charge on any atom is 0.100 e. The topological polar surface area (TPSA) is 20.2 Å². The number of hydrogen-bond donors (Lipinski definition) is 1. The van der Waals surface area contributed by atoms with E-state index in [1.807, 2.05) is 24.3 Å². The fourth-order valence-corrected chi connectivity index (χ4v) is 5.12. The molecule has 3 aromatic carbocycles. The molecule has 1 heterocycles. The number of likely N-dealkylation sites (tertiary alicyclic amines) is 1. The molecule has 1 fully saturated rings.